The van der Waals surface area contributed by atoms with Gasteiger partial charge in [0.2, 0.25) is 0 Å². The van der Waals surface area contributed by atoms with Crippen molar-refractivity contribution >= 4 is 11.8 Å². The van der Waals surface area contributed by atoms with Crippen LogP contribution in [-0.2, 0) is 52.2 Å². The van der Waals surface area contributed by atoms with Gasteiger partial charge in [-0.3, -0.25) is 9.59 Å². The topological polar surface area (TPSA) is 380 Å². The van der Waals surface area contributed by atoms with Gasteiger partial charge in [-0.2, -0.15) is 0 Å². The SMILES string of the molecule is CC(=O)[C@H]1[C@H](OC(=O)CC[C@@H](C)CO[C@H]2O[C@@H](CO)[C@H](O)[C@@H](O)[C@@H]2O)C[C@H]2[C@@H]3CC=C4C[C@@H](O[C@H]5O[C@@H](CO)[C@H](O)[C@@H](O[C@H]6O[C@@H](CO)[C@H](O)[C@@H](O)[C@@H]6O)[C@@H]5O[C@@H]5O[C@@H](C)[C@H](O)[C@@H](O)[C@H]5O)CC[C@]4(C)[C@H]3CC[C@@]21C. The summed E-state index contributed by atoms with van der Waals surface area (Å²) in [5.41, 5.74) is 0.437. The first-order valence-electron chi connectivity index (χ1n) is 26.7. The molecular weight excluding hydrogens is 997 g/mol. The molecule has 29 atom stereocenters. The fourth-order valence-corrected chi connectivity index (χ4v) is 14.0. The average Bonchev–Trinajstić information content (AvgIpc) is 3.73. The van der Waals surface area contributed by atoms with Crippen molar-refractivity contribution in [3.63, 3.8) is 0 Å². The first-order valence-corrected chi connectivity index (χ1v) is 26.7. The normalized spacial score (nSPS) is 50.5. The smallest absolute Gasteiger partial charge is 0.306 e. The first-order chi connectivity index (χ1) is 35.5. The Balaban J connectivity index is 0.942. The summed E-state index contributed by atoms with van der Waals surface area (Å²) in [6, 6.07) is 0. The highest BCUT2D eigenvalue weighted by Crippen LogP contribution is 2.67. The van der Waals surface area contributed by atoms with Crippen LogP contribution in [0.25, 0.3) is 0 Å². The Labute approximate surface area is 435 Å². The van der Waals surface area contributed by atoms with Gasteiger partial charge in [0.15, 0.2) is 25.2 Å². The number of aliphatic hydroxyl groups excluding tert-OH is 13. The van der Waals surface area contributed by atoms with E-state index >= 15 is 0 Å². The van der Waals surface area contributed by atoms with E-state index in [-0.39, 0.29) is 47.9 Å². The van der Waals surface area contributed by atoms with Crippen LogP contribution in [0.3, 0.4) is 0 Å². The maximum Gasteiger partial charge on any atom is 0.306 e. The zero-order chi connectivity index (χ0) is 54.6. The molecule has 0 spiro atoms. The van der Waals surface area contributed by atoms with Gasteiger partial charge in [-0.05, 0) is 99.7 Å². The molecule has 8 aliphatic rings. The minimum absolute atomic E-state index is 0.0368. The summed E-state index contributed by atoms with van der Waals surface area (Å²) in [7, 11) is 0. The van der Waals surface area contributed by atoms with Gasteiger partial charge in [0.1, 0.15) is 103 Å². The summed E-state index contributed by atoms with van der Waals surface area (Å²) < 4.78 is 53.9. The average molecular weight is 1080 g/mol. The maximum atomic E-state index is 13.5. The predicted molar refractivity (Wildman–Crippen MR) is 252 cm³/mol. The van der Waals surface area contributed by atoms with Crippen molar-refractivity contribution in [3.05, 3.63) is 11.6 Å². The molecule has 7 fully saturated rings. The first kappa shape index (κ1) is 59.2. The van der Waals surface area contributed by atoms with Gasteiger partial charge in [-0.25, -0.2) is 0 Å². The molecule has 0 amide bonds. The highest BCUT2D eigenvalue weighted by molar-refractivity contribution is 5.81. The Morgan fingerprint density at radius 1 is 0.667 bits per heavy atom. The highest BCUT2D eigenvalue weighted by atomic mass is 16.8. The molecule has 0 unspecified atom stereocenters. The van der Waals surface area contributed by atoms with Gasteiger partial charge < -0.3 is 109 Å². The lowest BCUT2D eigenvalue weighted by atomic mass is 9.47. The summed E-state index contributed by atoms with van der Waals surface area (Å²) in [6.07, 6.45) is -25.4. The molecular formula is C51H82O24. The van der Waals surface area contributed by atoms with E-state index < -0.39 is 172 Å². The van der Waals surface area contributed by atoms with E-state index in [1.165, 1.54) is 6.92 Å². The molecule has 3 saturated carbocycles. The molecule has 24 nitrogen and oxygen atoms in total. The Morgan fingerprint density at radius 3 is 1.85 bits per heavy atom. The largest absolute Gasteiger partial charge is 0.462 e. The second kappa shape index (κ2) is 24.0. The Bertz CT molecular complexity index is 1960. The van der Waals surface area contributed by atoms with E-state index in [2.05, 4.69) is 19.9 Å². The fourth-order valence-electron chi connectivity index (χ4n) is 14.0. The molecule has 4 heterocycles. The molecule has 0 aromatic rings. The quantitative estimate of drug-likeness (QED) is 0.0503. The van der Waals surface area contributed by atoms with Crippen LogP contribution in [0.15, 0.2) is 11.6 Å². The number of carbonyl (C=O) groups is 2. The molecule has 0 aromatic heterocycles. The van der Waals surface area contributed by atoms with Gasteiger partial charge in [-0.1, -0.05) is 32.4 Å². The summed E-state index contributed by atoms with van der Waals surface area (Å²) >= 11 is 0. The van der Waals surface area contributed by atoms with Crippen molar-refractivity contribution in [1.29, 1.82) is 0 Å². The van der Waals surface area contributed by atoms with Crippen LogP contribution >= 0.6 is 0 Å². The molecule has 75 heavy (non-hydrogen) atoms. The molecule has 24 heteroatoms. The van der Waals surface area contributed by atoms with E-state index in [1.807, 2.05) is 6.92 Å². The molecule has 4 saturated heterocycles. The van der Waals surface area contributed by atoms with E-state index in [9.17, 15) is 76.0 Å². The maximum absolute atomic E-state index is 13.5. The number of aliphatic hydroxyl groups is 13. The van der Waals surface area contributed by atoms with Crippen LogP contribution in [0.5, 0.6) is 0 Å². The van der Waals surface area contributed by atoms with Crippen LogP contribution in [0, 0.1) is 40.4 Å². The summed E-state index contributed by atoms with van der Waals surface area (Å²) in [6.45, 7) is 7.16. The molecule has 0 bridgehead atoms. The highest BCUT2D eigenvalue weighted by Gasteiger charge is 2.64. The standard InChI is InChI=1S/C51H82O24/c1-20(19-67-46-41(64)39(62)35(58)29(16-52)71-46)6-9-32(56)70-28-15-27-25-8-7-23-14-24(10-12-50(23,4)26(25)11-13-51(27,5)33(28)21(2)55)69-49-45(75-47-42(65)38(61)34(57)22(3)68-47)44(37(60)31(18-54)73-49)74-48-43(66)40(63)36(59)30(17-53)72-48/h7,20,22,24-31,33-49,52-54,57-66H,6,8-19H2,1-5H3/t20-,22+,24+,25-,26+,27+,28-,29+,30+,31+,33+,34+,35+,36+,37+,38-,39-,40-,41+,42-,43+,44-,45+,46+,47+,48-,49+,50+,51+/m1/s1. The van der Waals surface area contributed by atoms with E-state index in [0.29, 0.717) is 38.5 Å². The number of hydrogen-bond donors (Lipinski definition) is 13. The minimum Gasteiger partial charge on any atom is -0.462 e. The Morgan fingerprint density at radius 2 is 1.23 bits per heavy atom. The summed E-state index contributed by atoms with van der Waals surface area (Å²) in [4.78, 5) is 27.1. The molecule has 4 aliphatic carbocycles. The van der Waals surface area contributed by atoms with Crippen LogP contribution < -0.4 is 0 Å². The lowest BCUT2D eigenvalue weighted by molar-refractivity contribution is -0.394. The number of rotatable bonds is 17. The van der Waals surface area contributed by atoms with Gasteiger partial charge in [0.25, 0.3) is 0 Å². The molecule has 4 aliphatic heterocycles. The fraction of sp³-hybridized carbons (Fsp3) is 0.922. The van der Waals surface area contributed by atoms with Crippen molar-refractivity contribution in [1.82, 2.24) is 0 Å². The number of carbonyl (C=O) groups excluding carboxylic acids is 2. The third-order valence-corrected chi connectivity index (χ3v) is 18.4. The van der Waals surface area contributed by atoms with Crippen molar-refractivity contribution in [2.75, 3.05) is 26.4 Å². The lowest BCUT2D eigenvalue weighted by Gasteiger charge is -2.58. The summed E-state index contributed by atoms with van der Waals surface area (Å²) in [5.74, 6) is -0.754. The van der Waals surface area contributed by atoms with Crippen molar-refractivity contribution in [3.8, 4) is 0 Å². The van der Waals surface area contributed by atoms with Gasteiger partial charge in [0.05, 0.1) is 44.6 Å². The molecule has 0 aromatic carbocycles. The van der Waals surface area contributed by atoms with Gasteiger partial charge >= 0.3 is 5.97 Å². The Kier molecular flexibility index (Phi) is 18.9. The zero-order valence-corrected chi connectivity index (χ0v) is 43.2. The van der Waals surface area contributed by atoms with Gasteiger partial charge in [-0.15, -0.1) is 0 Å². The van der Waals surface area contributed by atoms with Crippen LogP contribution in [0.2, 0.25) is 0 Å². The number of esters is 1. The van der Waals surface area contributed by atoms with Crippen LogP contribution in [0.4, 0.5) is 0 Å². The number of ether oxygens (including phenoxy) is 9. The van der Waals surface area contributed by atoms with Crippen molar-refractivity contribution < 1.29 is 119 Å². The number of ketones is 1. The number of hydrogen-bond acceptors (Lipinski definition) is 24. The van der Waals surface area contributed by atoms with E-state index in [4.69, 9.17) is 42.6 Å². The van der Waals surface area contributed by atoms with E-state index in [1.54, 1.807) is 6.92 Å². The molecule has 0 radical (unpaired) electrons. The number of allylic oxidation sites excluding steroid dienone is 1. The third kappa shape index (κ3) is 11.5. The second-order valence-corrected chi connectivity index (χ2v) is 23.1. The molecule has 8 rings (SSSR count). The van der Waals surface area contributed by atoms with Crippen LogP contribution in [-0.4, -0.2) is 240 Å². The molecule has 430 valence electrons. The summed E-state index contributed by atoms with van der Waals surface area (Å²) in [5, 5.41) is 136. The third-order valence-electron chi connectivity index (χ3n) is 18.4. The zero-order valence-electron chi connectivity index (χ0n) is 43.2. The van der Waals surface area contributed by atoms with Crippen molar-refractivity contribution in [2.24, 2.45) is 40.4 Å². The number of Topliss-reactive ketones (excluding diaryl/α,β-unsaturated/α-hetero) is 1. The minimum atomic E-state index is -1.90. The van der Waals surface area contributed by atoms with Crippen molar-refractivity contribution in [2.45, 2.75) is 227 Å². The van der Waals surface area contributed by atoms with Crippen LogP contribution in [0.1, 0.15) is 92.4 Å². The predicted octanol–water partition coefficient (Wildman–Crippen LogP) is -3.23. The monoisotopic (exact) mass is 1080 g/mol. The van der Waals surface area contributed by atoms with Gasteiger partial charge in [0, 0.05) is 6.42 Å². The molecule has 13 N–H and O–H groups in total. The number of fused-ring (bicyclic) bond motifs is 5. The lowest BCUT2D eigenvalue weighted by Crippen LogP contribution is -2.67. The van der Waals surface area contributed by atoms with E-state index in [0.717, 1.165) is 18.4 Å². The second-order valence-electron chi connectivity index (χ2n) is 23.1. The Hall–Kier alpha value is -1.96.